The minimum absolute atomic E-state index is 0.0311. The van der Waals surface area contributed by atoms with Gasteiger partial charge in [-0.15, -0.1) is 0 Å². The highest BCUT2D eigenvalue weighted by atomic mass is 32.2. The molecule has 0 radical (unpaired) electrons. The van der Waals surface area contributed by atoms with Crippen LogP contribution in [0.5, 0.6) is 0 Å². The Labute approximate surface area is 119 Å². The molecule has 0 aliphatic carbocycles. The summed E-state index contributed by atoms with van der Waals surface area (Å²) < 4.78 is 44.7. The predicted octanol–water partition coefficient (Wildman–Crippen LogP) is 1.28. The molecule has 7 heteroatoms. The molecule has 1 aromatic rings. The number of benzene rings is 1. The molecule has 1 unspecified atom stereocenters. The van der Waals surface area contributed by atoms with Gasteiger partial charge in [-0.1, -0.05) is 0 Å². The van der Waals surface area contributed by atoms with Crippen molar-refractivity contribution < 1.29 is 22.7 Å². The van der Waals surface area contributed by atoms with Crippen molar-refractivity contribution in [2.24, 2.45) is 0 Å². The number of methoxy groups -OCH3 is 1. The molecule has 1 atom stereocenters. The van der Waals surface area contributed by atoms with E-state index in [9.17, 15) is 12.8 Å². The number of nitrogens with zero attached hydrogens (tertiary/aromatic N) is 1. The van der Waals surface area contributed by atoms with Crippen molar-refractivity contribution in [3.63, 3.8) is 0 Å². The predicted molar refractivity (Wildman–Crippen MR) is 73.3 cm³/mol. The van der Waals surface area contributed by atoms with Gasteiger partial charge in [0.2, 0.25) is 10.0 Å². The van der Waals surface area contributed by atoms with E-state index >= 15 is 0 Å². The van der Waals surface area contributed by atoms with Crippen LogP contribution in [0.3, 0.4) is 0 Å². The van der Waals surface area contributed by atoms with Crippen LogP contribution in [0.15, 0.2) is 17.0 Å². The number of aliphatic hydroxyl groups excluding tert-OH is 1. The zero-order valence-electron chi connectivity index (χ0n) is 12.1. The zero-order valence-corrected chi connectivity index (χ0v) is 12.9. The van der Waals surface area contributed by atoms with E-state index in [-0.39, 0.29) is 28.7 Å². The van der Waals surface area contributed by atoms with Gasteiger partial charge in [0.25, 0.3) is 0 Å². The van der Waals surface area contributed by atoms with Gasteiger partial charge in [0, 0.05) is 25.8 Å². The maximum absolute atomic E-state index is 13.7. The molecule has 0 spiro atoms. The Morgan fingerprint density at radius 2 is 2.05 bits per heavy atom. The number of likely N-dealkylation sites (N-methyl/N-ethyl adjacent to an activating group) is 1. The molecule has 114 valence electrons. The third kappa shape index (κ3) is 3.35. The first-order valence-electron chi connectivity index (χ1n) is 6.12. The first-order valence-corrected chi connectivity index (χ1v) is 7.56. The molecule has 0 bridgehead atoms. The number of halogens is 1. The molecule has 0 saturated heterocycles. The molecule has 0 fully saturated rings. The third-order valence-corrected chi connectivity index (χ3v) is 5.13. The van der Waals surface area contributed by atoms with Crippen molar-refractivity contribution in [1.29, 1.82) is 0 Å². The average molecular weight is 305 g/mol. The number of hydrogen-bond donors (Lipinski definition) is 1. The smallest absolute Gasteiger partial charge is 0.243 e. The van der Waals surface area contributed by atoms with Crippen molar-refractivity contribution in [2.45, 2.75) is 31.4 Å². The Morgan fingerprint density at radius 1 is 1.45 bits per heavy atom. The Hall–Kier alpha value is -1.02. The Morgan fingerprint density at radius 3 is 2.55 bits per heavy atom. The van der Waals surface area contributed by atoms with Crippen LogP contribution >= 0.6 is 0 Å². The highest BCUT2D eigenvalue weighted by Crippen LogP contribution is 2.22. The molecular formula is C13H20FNO4S. The van der Waals surface area contributed by atoms with Gasteiger partial charge >= 0.3 is 0 Å². The molecule has 0 aliphatic rings. The largest absolute Gasteiger partial charge is 0.392 e. The van der Waals surface area contributed by atoms with Crippen molar-refractivity contribution in [3.8, 4) is 0 Å². The lowest BCUT2D eigenvalue weighted by Crippen LogP contribution is -2.37. The van der Waals surface area contributed by atoms with Gasteiger partial charge in [0.1, 0.15) is 5.82 Å². The van der Waals surface area contributed by atoms with Gasteiger partial charge in [-0.05, 0) is 31.5 Å². The zero-order chi connectivity index (χ0) is 15.5. The molecule has 1 N–H and O–H groups in total. The second kappa shape index (κ2) is 6.62. The SMILES string of the molecule is COCC(C)N(C)S(=O)(=O)c1cc(C)c(F)c(CO)c1. The minimum atomic E-state index is -3.76. The second-order valence-electron chi connectivity index (χ2n) is 4.70. The fourth-order valence-corrected chi connectivity index (χ4v) is 3.30. The first-order chi connectivity index (χ1) is 9.25. The van der Waals surface area contributed by atoms with Crippen molar-refractivity contribution in [3.05, 3.63) is 29.1 Å². The summed E-state index contributed by atoms with van der Waals surface area (Å²) in [7, 11) is -0.827. The van der Waals surface area contributed by atoms with Gasteiger partial charge in [0.15, 0.2) is 0 Å². The molecule has 0 aliphatic heterocycles. The standard InChI is InChI=1S/C13H20FNO4S/c1-9-5-12(6-11(7-16)13(9)14)20(17,18)15(3)10(2)8-19-4/h5-6,10,16H,7-8H2,1-4H3. The van der Waals surface area contributed by atoms with E-state index < -0.39 is 22.4 Å². The molecule has 5 nitrogen and oxygen atoms in total. The topological polar surface area (TPSA) is 66.8 Å². The second-order valence-corrected chi connectivity index (χ2v) is 6.69. The number of aryl methyl sites for hydroxylation is 1. The molecule has 1 aromatic carbocycles. The Balaban J connectivity index is 3.25. The average Bonchev–Trinajstić information content (AvgIpc) is 2.40. The number of ether oxygens (including phenoxy) is 1. The quantitative estimate of drug-likeness (QED) is 0.860. The van der Waals surface area contributed by atoms with Crippen LogP contribution in [-0.4, -0.2) is 44.6 Å². The van der Waals surface area contributed by atoms with Crippen LogP contribution in [0, 0.1) is 12.7 Å². The summed E-state index contributed by atoms with van der Waals surface area (Å²) in [6.45, 7) is 2.88. The van der Waals surface area contributed by atoms with E-state index in [2.05, 4.69) is 0 Å². The lowest BCUT2D eigenvalue weighted by Gasteiger charge is -2.24. The highest BCUT2D eigenvalue weighted by molar-refractivity contribution is 7.89. The molecule has 1 rings (SSSR count). The Kier molecular flexibility index (Phi) is 5.64. The summed E-state index contributed by atoms with van der Waals surface area (Å²) in [6.07, 6.45) is 0. The van der Waals surface area contributed by atoms with E-state index in [1.807, 2.05) is 0 Å². The van der Waals surface area contributed by atoms with Gasteiger partial charge in [-0.2, -0.15) is 4.31 Å². The fourth-order valence-electron chi connectivity index (χ4n) is 1.82. The van der Waals surface area contributed by atoms with E-state index in [4.69, 9.17) is 9.84 Å². The number of aliphatic hydroxyl groups is 1. The van der Waals surface area contributed by atoms with Crippen LogP contribution in [0.2, 0.25) is 0 Å². The van der Waals surface area contributed by atoms with Crippen LogP contribution in [-0.2, 0) is 21.4 Å². The lowest BCUT2D eigenvalue weighted by atomic mass is 10.1. The minimum Gasteiger partial charge on any atom is -0.392 e. The molecular weight excluding hydrogens is 285 g/mol. The highest BCUT2D eigenvalue weighted by Gasteiger charge is 2.26. The molecule has 20 heavy (non-hydrogen) atoms. The normalized spacial score (nSPS) is 13.8. The van der Waals surface area contributed by atoms with E-state index in [0.717, 1.165) is 6.07 Å². The Bertz CT molecular complexity index is 574. The van der Waals surface area contributed by atoms with Gasteiger partial charge in [-0.3, -0.25) is 0 Å². The molecule has 0 aromatic heterocycles. The maximum Gasteiger partial charge on any atom is 0.243 e. The summed E-state index contributed by atoms with van der Waals surface area (Å²) in [5.74, 6) is -0.584. The molecule has 0 saturated carbocycles. The van der Waals surface area contributed by atoms with E-state index in [1.165, 1.54) is 31.5 Å². The third-order valence-electron chi connectivity index (χ3n) is 3.18. The summed E-state index contributed by atoms with van der Waals surface area (Å²) in [4.78, 5) is -0.0362. The monoisotopic (exact) mass is 305 g/mol. The van der Waals surface area contributed by atoms with Gasteiger partial charge in [0.05, 0.1) is 18.1 Å². The fraction of sp³-hybridized carbons (Fsp3) is 0.538. The number of rotatable bonds is 6. The van der Waals surface area contributed by atoms with Gasteiger partial charge < -0.3 is 9.84 Å². The lowest BCUT2D eigenvalue weighted by molar-refractivity contribution is 0.149. The summed E-state index contributed by atoms with van der Waals surface area (Å²) in [6, 6.07) is 2.07. The first kappa shape index (κ1) is 17.0. The van der Waals surface area contributed by atoms with Crippen molar-refractivity contribution in [1.82, 2.24) is 4.31 Å². The van der Waals surface area contributed by atoms with Crippen LogP contribution in [0.1, 0.15) is 18.1 Å². The van der Waals surface area contributed by atoms with Crippen LogP contribution < -0.4 is 0 Å². The van der Waals surface area contributed by atoms with E-state index in [0.29, 0.717) is 0 Å². The maximum atomic E-state index is 13.7. The van der Waals surface area contributed by atoms with Crippen LogP contribution in [0.4, 0.5) is 4.39 Å². The van der Waals surface area contributed by atoms with Crippen molar-refractivity contribution >= 4 is 10.0 Å². The summed E-state index contributed by atoms with van der Waals surface area (Å²) in [5, 5.41) is 9.10. The summed E-state index contributed by atoms with van der Waals surface area (Å²) in [5.41, 5.74) is 0.152. The van der Waals surface area contributed by atoms with Crippen molar-refractivity contribution in [2.75, 3.05) is 20.8 Å². The van der Waals surface area contributed by atoms with Crippen LogP contribution in [0.25, 0.3) is 0 Å². The number of sulfonamides is 1. The van der Waals surface area contributed by atoms with Gasteiger partial charge in [-0.25, -0.2) is 12.8 Å². The number of hydrogen-bond acceptors (Lipinski definition) is 4. The summed E-state index contributed by atoms with van der Waals surface area (Å²) >= 11 is 0. The van der Waals surface area contributed by atoms with E-state index in [1.54, 1.807) is 6.92 Å². The molecule has 0 heterocycles. The molecule has 0 amide bonds.